The Hall–Kier alpha value is -3.48. The molecular formula is C31H38N4O2. The molecule has 1 fully saturated rings. The average Bonchev–Trinajstić information content (AvgIpc) is 2.94. The van der Waals surface area contributed by atoms with Gasteiger partial charge in [-0.05, 0) is 61.2 Å². The fraction of sp³-hybridized carbons (Fsp3) is 0.355. The quantitative estimate of drug-likeness (QED) is 0.424. The predicted molar refractivity (Wildman–Crippen MR) is 150 cm³/mol. The number of anilines is 1. The molecule has 0 saturated carbocycles. The fourth-order valence-electron chi connectivity index (χ4n) is 4.97. The van der Waals surface area contributed by atoms with Crippen LogP contribution in [-0.2, 0) is 11.2 Å². The molecule has 0 bridgehead atoms. The van der Waals surface area contributed by atoms with E-state index in [1.165, 1.54) is 0 Å². The third-order valence-electron chi connectivity index (χ3n) is 7.01. The van der Waals surface area contributed by atoms with Crippen LogP contribution in [0.25, 0.3) is 0 Å². The van der Waals surface area contributed by atoms with Crippen LogP contribution in [0.1, 0.15) is 53.4 Å². The predicted octanol–water partition coefficient (Wildman–Crippen LogP) is 4.73. The van der Waals surface area contributed by atoms with E-state index in [-0.39, 0.29) is 17.9 Å². The number of piperazine rings is 1. The van der Waals surface area contributed by atoms with E-state index in [1.54, 1.807) is 0 Å². The van der Waals surface area contributed by atoms with Crippen LogP contribution >= 0.6 is 0 Å². The number of aryl methyl sites for hydroxylation is 1. The van der Waals surface area contributed by atoms with Crippen molar-refractivity contribution in [3.05, 3.63) is 101 Å². The van der Waals surface area contributed by atoms with Crippen LogP contribution < -0.4 is 10.6 Å². The molecule has 1 atom stereocenters. The Labute approximate surface area is 220 Å². The summed E-state index contributed by atoms with van der Waals surface area (Å²) in [4.78, 5) is 29.8. The van der Waals surface area contributed by atoms with Crippen molar-refractivity contribution in [2.75, 3.05) is 44.6 Å². The zero-order chi connectivity index (χ0) is 26.0. The summed E-state index contributed by atoms with van der Waals surface area (Å²) in [5, 5.41) is 6.53. The van der Waals surface area contributed by atoms with Gasteiger partial charge in [0.15, 0.2) is 0 Å². The number of carbonyl (C=O) groups is 2. The van der Waals surface area contributed by atoms with Crippen molar-refractivity contribution in [2.24, 2.45) is 0 Å². The van der Waals surface area contributed by atoms with Gasteiger partial charge in [-0.3, -0.25) is 14.5 Å². The van der Waals surface area contributed by atoms with Gasteiger partial charge in [0, 0.05) is 56.9 Å². The fourth-order valence-corrected chi connectivity index (χ4v) is 4.97. The van der Waals surface area contributed by atoms with Crippen LogP contribution in [-0.4, -0.2) is 60.9 Å². The van der Waals surface area contributed by atoms with E-state index in [0.29, 0.717) is 31.5 Å². The molecule has 4 rings (SSSR count). The maximum Gasteiger partial charge on any atom is 0.253 e. The summed E-state index contributed by atoms with van der Waals surface area (Å²) in [5.41, 5.74) is 4.96. The number of nitrogens with one attached hydrogen (secondary N) is 2. The highest BCUT2D eigenvalue weighted by molar-refractivity contribution is 5.94. The Morgan fingerprint density at radius 2 is 1.59 bits per heavy atom. The van der Waals surface area contributed by atoms with E-state index >= 15 is 0 Å². The third kappa shape index (κ3) is 7.06. The van der Waals surface area contributed by atoms with E-state index < -0.39 is 0 Å². The second kappa shape index (κ2) is 13.2. The third-order valence-corrected chi connectivity index (χ3v) is 7.01. The summed E-state index contributed by atoms with van der Waals surface area (Å²) in [6, 6.07) is 26.3. The number of amides is 2. The Morgan fingerprint density at radius 1 is 0.892 bits per heavy atom. The molecule has 3 aromatic rings. The second-order valence-corrected chi connectivity index (χ2v) is 9.45. The van der Waals surface area contributed by atoms with Crippen molar-refractivity contribution in [3.8, 4) is 0 Å². The first kappa shape index (κ1) is 26.6. The lowest BCUT2D eigenvalue weighted by Gasteiger charge is -2.36. The first-order valence-corrected chi connectivity index (χ1v) is 13.4. The number of rotatable bonds is 10. The van der Waals surface area contributed by atoms with E-state index in [9.17, 15) is 9.59 Å². The van der Waals surface area contributed by atoms with Crippen LogP contribution in [0.2, 0.25) is 0 Å². The molecule has 0 spiro atoms. The van der Waals surface area contributed by atoms with Crippen LogP contribution in [0, 0.1) is 0 Å². The van der Waals surface area contributed by atoms with Gasteiger partial charge in [0.25, 0.3) is 5.91 Å². The minimum atomic E-state index is 0.0130. The van der Waals surface area contributed by atoms with Crippen molar-refractivity contribution >= 4 is 17.5 Å². The molecule has 1 aliphatic heterocycles. The molecule has 37 heavy (non-hydrogen) atoms. The summed E-state index contributed by atoms with van der Waals surface area (Å²) >= 11 is 0. The minimum absolute atomic E-state index is 0.0130. The molecule has 194 valence electrons. The standard InChI is InChI=1S/C31H38N4O2/c1-3-34(4-2)31(37)26-16-14-25(15-17-26)30(35-21-19-32-20-22-35)27-11-8-12-28(23-27)33-29(36)18-13-24-9-6-5-7-10-24/h5-12,14-17,23,30,32H,3-4,13,18-22H2,1-2H3,(H,33,36). The summed E-state index contributed by atoms with van der Waals surface area (Å²) in [6.07, 6.45) is 1.16. The summed E-state index contributed by atoms with van der Waals surface area (Å²) in [7, 11) is 0. The van der Waals surface area contributed by atoms with E-state index in [4.69, 9.17) is 0 Å². The summed E-state index contributed by atoms with van der Waals surface area (Å²) < 4.78 is 0. The zero-order valence-corrected chi connectivity index (χ0v) is 22.0. The van der Waals surface area contributed by atoms with Gasteiger partial charge in [-0.25, -0.2) is 0 Å². The Morgan fingerprint density at radius 3 is 2.27 bits per heavy atom. The Balaban J connectivity index is 1.53. The molecule has 0 aliphatic carbocycles. The highest BCUT2D eigenvalue weighted by Gasteiger charge is 2.25. The van der Waals surface area contributed by atoms with Crippen molar-refractivity contribution in [1.82, 2.24) is 15.1 Å². The average molecular weight is 499 g/mol. The van der Waals surface area contributed by atoms with Crippen molar-refractivity contribution in [2.45, 2.75) is 32.7 Å². The number of nitrogens with zero attached hydrogens (tertiary/aromatic N) is 2. The zero-order valence-electron chi connectivity index (χ0n) is 22.0. The van der Waals surface area contributed by atoms with Gasteiger partial charge in [-0.1, -0.05) is 54.6 Å². The molecule has 3 aromatic carbocycles. The topological polar surface area (TPSA) is 64.7 Å². The minimum Gasteiger partial charge on any atom is -0.339 e. The highest BCUT2D eigenvalue weighted by Crippen LogP contribution is 2.31. The molecule has 1 heterocycles. The molecule has 2 N–H and O–H groups in total. The molecule has 1 saturated heterocycles. The Kier molecular flexibility index (Phi) is 9.46. The van der Waals surface area contributed by atoms with Gasteiger partial charge >= 0.3 is 0 Å². The number of benzene rings is 3. The lowest BCUT2D eigenvalue weighted by atomic mass is 9.95. The maximum absolute atomic E-state index is 12.8. The van der Waals surface area contributed by atoms with Gasteiger partial charge in [-0.2, -0.15) is 0 Å². The van der Waals surface area contributed by atoms with Gasteiger partial charge in [0.2, 0.25) is 5.91 Å². The molecule has 6 heteroatoms. The van der Waals surface area contributed by atoms with E-state index in [0.717, 1.165) is 48.6 Å². The number of hydrogen-bond donors (Lipinski definition) is 2. The first-order chi connectivity index (χ1) is 18.1. The molecule has 1 unspecified atom stereocenters. The summed E-state index contributed by atoms with van der Waals surface area (Å²) in [5.74, 6) is 0.0782. The van der Waals surface area contributed by atoms with Gasteiger partial charge < -0.3 is 15.5 Å². The smallest absolute Gasteiger partial charge is 0.253 e. The lowest BCUT2D eigenvalue weighted by Crippen LogP contribution is -2.45. The van der Waals surface area contributed by atoms with Crippen LogP contribution in [0.4, 0.5) is 5.69 Å². The molecule has 6 nitrogen and oxygen atoms in total. The maximum atomic E-state index is 12.8. The molecule has 0 radical (unpaired) electrons. The largest absolute Gasteiger partial charge is 0.339 e. The van der Waals surface area contributed by atoms with Crippen LogP contribution in [0.15, 0.2) is 78.9 Å². The van der Waals surface area contributed by atoms with Crippen molar-refractivity contribution in [3.63, 3.8) is 0 Å². The summed E-state index contributed by atoms with van der Waals surface area (Å²) in [6.45, 7) is 9.13. The molecule has 0 aromatic heterocycles. The SMILES string of the molecule is CCN(CC)C(=O)c1ccc(C(c2cccc(NC(=O)CCc3ccccc3)c2)N2CCNCC2)cc1. The second-order valence-electron chi connectivity index (χ2n) is 9.45. The van der Waals surface area contributed by atoms with Gasteiger partial charge in [0.1, 0.15) is 0 Å². The monoisotopic (exact) mass is 498 g/mol. The van der Waals surface area contributed by atoms with E-state index in [2.05, 4.69) is 39.8 Å². The van der Waals surface area contributed by atoms with Crippen LogP contribution in [0.5, 0.6) is 0 Å². The first-order valence-electron chi connectivity index (χ1n) is 13.4. The van der Waals surface area contributed by atoms with Crippen molar-refractivity contribution < 1.29 is 9.59 Å². The molecule has 1 aliphatic rings. The van der Waals surface area contributed by atoms with E-state index in [1.807, 2.05) is 73.3 Å². The lowest BCUT2D eigenvalue weighted by molar-refractivity contribution is -0.116. The molecular weight excluding hydrogens is 460 g/mol. The Bertz CT molecular complexity index is 1150. The van der Waals surface area contributed by atoms with Crippen molar-refractivity contribution in [1.29, 1.82) is 0 Å². The molecule has 2 amide bonds. The number of hydrogen-bond acceptors (Lipinski definition) is 4. The van der Waals surface area contributed by atoms with Gasteiger partial charge in [0.05, 0.1) is 6.04 Å². The normalized spacial score (nSPS) is 14.6. The van der Waals surface area contributed by atoms with Crippen LogP contribution in [0.3, 0.4) is 0 Å². The van der Waals surface area contributed by atoms with Gasteiger partial charge in [-0.15, -0.1) is 0 Å². The number of carbonyl (C=O) groups excluding carboxylic acids is 2. The highest BCUT2D eigenvalue weighted by atomic mass is 16.2.